The first-order chi connectivity index (χ1) is 20.9. The van der Waals surface area contributed by atoms with E-state index in [1.54, 1.807) is 24.3 Å². The van der Waals surface area contributed by atoms with Gasteiger partial charge in [0.15, 0.2) is 0 Å². The van der Waals surface area contributed by atoms with E-state index in [4.69, 9.17) is 29.9 Å². The average molecular weight is 638 g/mol. The quantitative estimate of drug-likeness (QED) is 0.0796. The summed E-state index contributed by atoms with van der Waals surface area (Å²) < 4.78 is 49.4. The Morgan fingerprint density at radius 3 is 1.95 bits per heavy atom. The van der Waals surface area contributed by atoms with Gasteiger partial charge in [-0.1, -0.05) is 127 Å². The Morgan fingerprint density at radius 2 is 1.42 bits per heavy atom. The fourth-order valence-electron chi connectivity index (χ4n) is 4.91. The van der Waals surface area contributed by atoms with Crippen LogP contribution in [0.5, 0.6) is 11.5 Å². The molecule has 0 radical (unpaired) electrons. The van der Waals surface area contributed by atoms with E-state index < -0.39 is 19.7 Å². The highest BCUT2D eigenvalue weighted by Gasteiger charge is 2.30. The fraction of sp³-hybridized carbons (Fsp3) is 0.618. The molecule has 0 N–H and O–H groups in total. The molecule has 0 heterocycles. The van der Waals surface area contributed by atoms with Crippen molar-refractivity contribution < 1.29 is 27.3 Å². The first kappa shape index (κ1) is 37.1. The highest BCUT2D eigenvalue weighted by molar-refractivity contribution is 7.48. The van der Waals surface area contributed by atoms with Gasteiger partial charge in [0.25, 0.3) is 0 Å². The van der Waals surface area contributed by atoms with Crippen molar-refractivity contribution in [3.63, 3.8) is 0 Å². The molecule has 0 saturated heterocycles. The monoisotopic (exact) mass is 637 g/mol. The molecule has 6 nitrogen and oxygen atoms in total. The number of nitriles is 1. The van der Waals surface area contributed by atoms with Crippen LogP contribution >= 0.6 is 19.4 Å². The molecule has 9 heteroatoms. The van der Waals surface area contributed by atoms with E-state index >= 15 is 0 Å². The Labute approximate surface area is 263 Å². The van der Waals surface area contributed by atoms with Crippen LogP contribution < -0.4 is 9.26 Å². The smallest absolute Gasteiger partial charge is 0.488 e. The Morgan fingerprint density at radius 1 is 0.860 bits per heavy atom. The minimum absolute atomic E-state index is 0.118. The van der Waals surface area contributed by atoms with Crippen LogP contribution in [-0.4, -0.2) is 19.8 Å². The zero-order valence-corrected chi connectivity index (χ0v) is 27.7. The molecule has 0 spiro atoms. The van der Waals surface area contributed by atoms with Crippen molar-refractivity contribution in [3.05, 3.63) is 58.9 Å². The van der Waals surface area contributed by atoms with E-state index in [1.165, 1.54) is 103 Å². The Kier molecular flexibility index (Phi) is 19.3. The summed E-state index contributed by atoms with van der Waals surface area (Å²) in [6.45, 7) is 2.14. The van der Waals surface area contributed by atoms with Gasteiger partial charge in [0.05, 0.1) is 23.3 Å². The van der Waals surface area contributed by atoms with Crippen LogP contribution in [0.2, 0.25) is 5.02 Å². The first-order valence-electron chi connectivity index (χ1n) is 16.0. The van der Waals surface area contributed by atoms with E-state index in [9.17, 15) is 14.2 Å². The van der Waals surface area contributed by atoms with Crippen molar-refractivity contribution in [1.29, 1.82) is 5.26 Å². The number of nitrogens with zero attached hydrogens (tertiary/aromatic N) is 1. The highest BCUT2D eigenvalue weighted by atomic mass is 35.5. The summed E-state index contributed by atoms with van der Waals surface area (Å²) in [5.41, 5.74) is 0.154. The van der Waals surface area contributed by atoms with Crippen molar-refractivity contribution in [2.45, 2.75) is 122 Å². The molecular weight excluding hydrogens is 588 g/mol. The summed E-state index contributed by atoms with van der Waals surface area (Å²) >= 11 is 6.14. The van der Waals surface area contributed by atoms with E-state index in [2.05, 4.69) is 6.92 Å². The van der Waals surface area contributed by atoms with Gasteiger partial charge in [0.1, 0.15) is 23.4 Å². The lowest BCUT2D eigenvalue weighted by atomic mass is 10.0. The minimum Gasteiger partial charge on any atom is -0.488 e. The third-order valence-electron chi connectivity index (χ3n) is 7.37. The zero-order chi connectivity index (χ0) is 31.2. The molecule has 0 amide bonds. The summed E-state index contributed by atoms with van der Waals surface area (Å²) in [7, 11) is -2.77. The minimum atomic E-state index is -4.00. The predicted molar refractivity (Wildman–Crippen MR) is 172 cm³/mol. The maximum absolute atomic E-state index is 14.0. The summed E-state index contributed by atoms with van der Waals surface area (Å²) in [5, 5.41) is 9.48. The molecule has 240 valence electrons. The zero-order valence-electron chi connectivity index (χ0n) is 26.0. The maximum Gasteiger partial charge on any atom is 0.529 e. The summed E-state index contributed by atoms with van der Waals surface area (Å²) in [6.07, 6.45) is 20.4. The Bertz CT molecular complexity index is 1130. The highest BCUT2D eigenvalue weighted by Crippen LogP contribution is 2.50. The second-order valence-corrected chi connectivity index (χ2v) is 13.2. The predicted octanol–water partition coefficient (Wildman–Crippen LogP) is 11.6. The normalized spacial score (nSPS) is 13.3. The third-order valence-corrected chi connectivity index (χ3v) is 9.02. The van der Waals surface area contributed by atoms with Crippen LogP contribution in [0.1, 0.15) is 122 Å². The summed E-state index contributed by atoms with van der Waals surface area (Å²) in [4.78, 5) is 0. The lowest BCUT2D eigenvalue weighted by Gasteiger charge is -2.22. The van der Waals surface area contributed by atoms with Crippen molar-refractivity contribution >= 4 is 19.4 Å². The van der Waals surface area contributed by atoms with Gasteiger partial charge in [0, 0.05) is 13.2 Å². The number of hydrogen-bond donors (Lipinski definition) is 0. The number of phosphoric ester groups is 1. The van der Waals surface area contributed by atoms with Crippen LogP contribution in [0.4, 0.5) is 4.39 Å². The molecule has 1 unspecified atom stereocenters. The van der Waals surface area contributed by atoms with E-state index in [-0.39, 0.29) is 28.7 Å². The number of para-hydroxylation sites is 1. The summed E-state index contributed by atoms with van der Waals surface area (Å²) in [5.74, 6) is -0.185. The first-order valence-corrected chi connectivity index (χ1v) is 17.8. The number of unbranched alkanes of at least 4 members (excludes halogenated alkanes) is 15. The average Bonchev–Trinajstić information content (AvgIpc) is 3.00. The standard InChI is InChI=1S/C34H50ClFNO5P/c1-3-4-5-6-7-8-9-10-11-12-13-14-15-16-17-18-21-31(41-32-25-29(27-37)24-30(36)26-32)28-40-43(38,39-2)42-34-23-20-19-22-33(34)35/h19-20,22-26,31H,3-18,21,28H2,1-2H3/t31-,43?/m0/s1. The lowest BCUT2D eigenvalue weighted by molar-refractivity contribution is 0.0902. The Balaban J connectivity index is 1.74. The van der Waals surface area contributed by atoms with Gasteiger partial charge in [-0.2, -0.15) is 5.26 Å². The van der Waals surface area contributed by atoms with Crippen LogP contribution in [-0.2, 0) is 13.6 Å². The molecule has 43 heavy (non-hydrogen) atoms. The number of phosphoric acid groups is 1. The molecule has 2 aromatic rings. The Hall–Kier alpha value is -2.10. The van der Waals surface area contributed by atoms with E-state index in [0.717, 1.165) is 25.3 Å². The summed E-state index contributed by atoms with van der Waals surface area (Å²) in [6, 6.07) is 12.4. The van der Waals surface area contributed by atoms with Crippen LogP contribution in [0, 0.1) is 17.1 Å². The van der Waals surface area contributed by atoms with Crippen LogP contribution in [0.3, 0.4) is 0 Å². The molecule has 2 aromatic carbocycles. The largest absolute Gasteiger partial charge is 0.529 e. The molecule has 0 aliphatic rings. The van der Waals surface area contributed by atoms with Gasteiger partial charge in [-0.25, -0.2) is 8.96 Å². The van der Waals surface area contributed by atoms with E-state index in [0.29, 0.717) is 6.42 Å². The number of ether oxygens (including phenoxy) is 1. The fourth-order valence-corrected chi connectivity index (χ4v) is 6.12. The second kappa shape index (κ2) is 22.4. The molecule has 2 atom stereocenters. The molecule has 0 aromatic heterocycles. The van der Waals surface area contributed by atoms with Gasteiger partial charge < -0.3 is 9.26 Å². The van der Waals surface area contributed by atoms with Crippen LogP contribution in [0.25, 0.3) is 0 Å². The topological polar surface area (TPSA) is 77.8 Å². The number of rotatable bonds is 25. The molecule has 0 aliphatic carbocycles. The van der Waals surface area contributed by atoms with Crippen molar-refractivity contribution in [2.75, 3.05) is 13.7 Å². The second-order valence-electron chi connectivity index (χ2n) is 11.1. The van der Waals surface area contributed by atoms with Crippen molar-refractivity contribution in [2.24, 2.45) is 0 Å². The van der Waals surface area contributed by atoms with Gasteiger partial charge in [-0.3, -0.25) is 9.05 Å². The molecule has 0 saturated carbocycles. The molecule has 0 fully saturated rings. The molecule has 0 aliphatic heterocycles. The number of halogens is 2. The van der Waals surface area contributed by atoms with Gasteiger partial charge in [-0.05, 0) is 37.1 Å². The maximum atomic E-state index is 14.0. The van der Waals surface area contributed by atoms with Gasteiger partial charge in [-0.15, -0.1) is 0 Å². The van der Waals surface area contributed by atoms with Gasteiger partial charge in [0.2, 0.25) is 0 Å². The van der Waals surface area contributed by atoms with Gasteiger partial charge >= 0.3 is 7.82 Å². The van der Waals surface area contributed by atoms with E-state index in [1.807, 2.05) is 6.07 Å². The lowest BCUT2D eigenvalue weighted by Crippen LogP contribution is -2.23. The molecule has 0 bridgehead atoms. The van der Waals surface area contributed by atoms with Crippen LogP contribution in [0.15, 0.2) is 42.5 Å². The number of hydrogen-bond acceptors (Lipinski definition) is 6. The van der Waals surface area contributed by atoms with Crippen molar-refractivity contribution in [3.8, 4) is 17.6 Å². The molecular formula is C34H50ClFNO5P. The van der Waals surface area contributed by atoms with Crippen molar-refractivity contribution in [1.82, 2.24) is 0 Å². The SMILES string of the molecule is CCCCCCCCCCCCCCCCCC[C@@H](COP(=O)(OC)Oc1ccccc1Cl)Oc1cc(F)cc(C#N)c1. The third kappa shape index (κ3) is 16.5. The molecule has 2 rings (SSSR count). The number of benzene rings is 2.